The van der Waals surface area contributed by atoms with Gasteiger partial charge in [0.1, 0.15) is 24.0 Å². The number of amides is 1. The molecule has 0 saturated heterocycles. The third-order valence-corrected chi connectivity index (χ3v) is 6.16. The van der Waals surface area contributed by atoms with Crippen molar-refractivity contribution < 1.29 is 9.53 Å². The lowest BCUT2D eigenvalue weighted by Gasteiger charge is -2.11. The van der Waals surface area contributed by atoms with Gasteiger partial charge in [0.2, 0.25) is 0 Å². The van der Waals surface area contributed by atoms with Crippen LogP contribution in [0.25, 0.3) is 16.8 Å². The number of fused-ring (bicyclic) bond motifs is 1. The minimum absolute atomic E-state index is 0.0298. The number of rotatable bonds is 7. The fourth-order valence-electron chi connectivity index (χ4n) is 3.75. The van der Waals surface area contributed by atoms with E-state index in [1.54, 1.807) is 6.08 Å². The molecule has 0 radical (unpaired) electrons. The first-order valence-corrected chi connectivity index (χ1v) is 11.8. The average molecular weight is 511 g/mol. The molecule has 4 aromatic carbocycles. The molecular formula is C29H23BrN2O2. The predicted molar refractivity (Wildman–Crippen MR) is 140 cm³/mol. The van der Waals surface area contributed by atoms with Crippen molar-refractivity contribution in [2.75, 3.05) is 5.32 Å². The van der Waals surface area contributed by atoms with Crippen molar-refractivity contribution >= 4 is 44.4 Å². The van der Waals surface area contributed by atoms with Gasteiger partial charge >= 0.3 is 0 Å². The summed E-state index contributed by atoms with van der Waals surface area (Å²) in [5, 5.41) is 14.7. The highest BCUT2D eigenvalue weighted by Crippen LogP contribution is 2.29. The minimum Gasteiger partial charge on any atom is -0.488 e. The molecule has 0 atom stereocenters. The lowest BCUT2D eigenvalue weighted by Crippen LogP contribution is -2.14. The number of hydrogen-bond donors (Lipinski definition) is 1. The van der Waals surface area contributed by atoms with Crippen molar-refractivity contribution in [3.63, 3.8) is 0 Å². The van der Waals surface area contributed by atoms with Crippen LogP contribution in [0.4, 0.5) is 5.69 Å². The third-order valence-electron chi connectivity index (χ3n) is 5.54. The first-order chi connectivity index (χ1) is 16.6. The van der Waals surface area contributed by atoms with E-state index in [1.807, 2.05) is 73.7 Å². The van der Waals surface area contributed by atoms with E-state index < -0.39 is 5.91 Å². The van der Waals surface area contributed by atoms with Gasteiger partial charge in [-0.1, -0.05) is 73.7 Å². The van der Waals surface area contributed by atoms with Crippen LogP contribution in [-0.2, 0) is 17.8 Å². The molecule has 4 nitrogen and oxygen atoms in total. The Morgan fingerprint density at radius 2 is 1.74 bits per heavy atom. The van der Waals surface area contributed by atoms with Crippen LogP contribution in [0, 0.1) is 11.3 Å². The normalized spacial score (nSPS) is 11.1. The van der Waals surface area contributed by atoms with E-state index in [0.717, 1.165) is 38.7 Å². The van der Waals surface area contributed by atoms with E-state index in [2.05, 4.69) is 45.5 Å². The summed E-state index contributed by atoms with van der Waals surface area (Å²) in [5.74, 6) is 0.251. The Morgan fingerprint density at radius 3 is 2.53 bits per heavy atom. The standard InChI is InChI=1S/C29H23BrN2O2/c1-2-21-8-4-6-13-27(21)32-29(33)24(18-31)16-20-14-15-28(26(30)17-20)34-19-23-11-7-10-22-9-3-5-12-25(22)23/h3-17H,2,19H2,1H3,(H,32,33)/b24-16+. The average Bonchev–Trinajstić information content (AvgIpc) is 2.87. The number of aryl methyl sites for hydroxylation is 1. The lowest BCUT2D eigenvalue weighted by molar-refractivity contribution is -0.112. The number of carbonyl (C=O) groups is 1. The summed E-state index contributed by atoms with van der Waals surface area (Å²) >= 11 is 3.55. The van der Waals surface area contributed by atoms with Crippen LogP contribution >= 0.6 is 15.9 Å². The number of anilines is 1. The van der Waals surface area contributed by atoms with E-state index in [9.17, 15) is 10.1 Å². The largest absolute Gasteiger partial charge is 0.488 e. The lowest BCUT2D eigenvalue weighted by atomic mass is 10.1. The molecule has 0 aromatic heterocycles. The number of nitrogens with one attached hydrogen (secondary N) is 1. The fourth-order valence-corrected chi connectivity index (χ4v) is 4.26. The molecule has 1 N–H and O–H groups in total. The molecule has 0 fully saturated rings. The molecule has 0 bridgehead atoms. The maximum absolute atomic E-state index is 12.7. The second-order valence-corrected chi connectivity index (χ2v) is 8.61. The molecule has 4 rings (SSSR count). The molecule has 0 heterocycles. The maximum Gasteiger partial charge on any atom is 0.266 e. The molecule has 168 valence electrons. The van der Waals surface area contributed by atoms with Gasteiger partial charge in [0, 0.05) is 5.69 Å². The quantitative estimate of drug-likeness (QED) is 0.209. The van der Waals surface area contributed by atoms with Crippen LogP contribution in [0.1, 0.15) is 23.6 Å². The van der Waals surface area contributed by atoms with E-state index in [0.29, 0.717) is 12.4 Å². The summed E-state index contributed by atoms with van der Waals surface area (Å²) in [7, 11) is 0. The first-order valence-electron chi connectivity index (χ1n) is 11.0. The molecule has 0 spiro atoms. The van der Waals surface area contributed by atoms with Gasteiger partial charge in [-0.25, -0.2) is 0 Å². The van der Waals surface area contributed by atoms with Gasteiger partial charge in [0.15, 0.2) is 0 Å². The van der Waals surface area contributed by atoms with Crippen LogP contribution in [0.2, 0.25) is 0 Å². The van der Waals surface area contributed by atoms with Gasteiger partial charge in [-0.05, 0) is 74.1 Å². The van der Waals surface area contributed by atoms with E-state index in [1.165, 1.54) is 5.39 Å². The van der Waals surface area contributed by atoms with Crippen molar-refractivity contribution in [1.29, 1.82) is 5.26 Å². The van der Waals surface area contributed by atoms with E-state index in [-0.39, 0.29) is 5.57 Å². The predicted octanol–water partition coefficient (Wildman–Crippen LogP) is 7.29. The van der Waals surface area contributed by atoms with Crippen LogP contribution in [0.5, 0.6) is 5.75 Å². The first kappa shape index (κ1) is 23.3. The molecule has 1 amide bonds. The molecule has 34 heavy (non-hydrogen) atoms. The Bertz CT molecular complexity index is 1410. The molecule has 0 unspecified atom stereocenters. The van der Waals surface area contributed by atoms with Crippen molar-refractivity contribution in [2.24, 2.45) is 0 Å². The Labute approximate surface area is 207 Å². The zero-order valence-electron chi connectivity index (χ0n) is 18.7. The fraction of sp³-hybridized carbons (Fsp3) is 0.103. The summed E-state index contributed by atoms with van der Waals surface area (Å²) in [4.78, 5) is 12.7. The molecule has 0 aliphatic rings. The highest BCUT2D eigenvalue weighted by Gasteiger charge is 2.12. The van der Waals surface area contributed by atoms with Gasteiger partial charge < -0.3 is 10.1 Å². The Balaban J connectivity index is 1.49. The summed E-state index contributed by atoms with van der Waals surface area (Å²) in [6.07, 6.45) is 2.36. The number of hydrogen-bond acceptors (Lipinski definition) is 3. The molecular weight excluding hydrogens is 488 g/mol. The van der Waals surface area contributed by atoms with Crippen LogP contribution < -0.4 is 10.1 Å². The third kappa shape index (κ3) is 5.36. The smallest absolute Gasteiger partial charge is 0.266 e. The molecule has 4 aromatic rings. The van der Waals surface area contributed by atoms with Crippen molar-refractivity contribution in [3.05, 3.63) is 112 Å². The number of benzene rings is 4. The molecule has 0 saturated carbocycles. The van der Waals surface area contributed by atoms with Gasteiger partial charge in [-0.2, -0.15) is 5.26 Å². The summed E-state index contributed by atoms with van der Waals surface area (Å²) in [6, 6.07) is 29.5. The number of ether oxygens (including phenoxy) is 1. The zero-order chi connectivity index (χ0) is 23.9. The zero-order valence-corrected chi connectivity index (χ0v) is 20.3. The van der Waals surface area contributed by atoms with E-state index >= 15 is 0 Å². The van der Waals surface area contributed by atoms with Crippen LogP contribution in [-0.4, -0.2) is 5.91 Å². The minimum atomic E-state index is -0.434. The molecule has 0 aliphatic heterocycles. The van der Waals surface area contributed by atoms with Gasteiger partial charge in [0.25, 0.3) is 5.91 Å². The molecule has 5 heteroatoms. The van der Waals surface area contributed by atoms with E-state index in [4.69, 9.17) is 4.74 Å². The Hall–Kier alpha value is -3.88. The van der Waals surface area contributed by atoms with Crippen molar-refractivity contribution in [3.8, 4) is 11.8 Å². The number of carbonyl (C=O) groups excluding carboxylic acids is 1. The number of para-hydroxylation sites is 1. The maximum atomic E-state index is 12.7. The second-order valence-electron chi connectivity index (χ2n) is 7.75. The number of nitriles is 1. The van der Waals surface area contributed by atoms with Gasteiger partial charge in [0.05, 0.1) is 4.47 Å². The second kappa shape index (κ2) is 10.8. The van der Waals surface area contributed by atoms with Crippen LogP contribution in [0.15, 0.2) is 95.0 Å². The number of nitrogens with zero attached hydrogens (tertiary/aromatic N) is 1. The summed E-state index contributed by atoms with van der Waals surface area (Å²) in [5.41, 5.74) is 3.59. The topological polar surface area (TPSA) is 62.1 Å². The van der Waals surface area contributed by atoms with Crippen molar-refractivity contribution in [2.45, 2.75) is 20.0 Å². The summed E-state index contributed by atoms with van der Waals surface area (Å²) < 4.78 is 6.80. The number of halogens is 1. The van der Waals surface area contributed by atoms with Crippen LogP contribution in [0.3, 0.4) is 0 Å². The highest BCUT2D eigenvalue weighted by molar-refractivity contribution is 9.10. The summed E-state index contributed by atoms with van der Waals surface area (Å²) in [6.45, 7) is 2.45. The Kier molecular flexibility index (Phi) is 7.41. The molecule has 0 aliphatic carbocycles. The Morgan fingerprint density at radius 1 is 1.00 bits per heavy atom. The van der Waals surface area contributed by atoms with Gasteiger partial charge in [-0.3, -0.25) is 4.79 Å². The monoisotopic (exact) mass is 510 g/mol. The highest BCUT2D eigenvalue weighted by atomic mass is 79.9. The van der Waals surface area contributed by atoms with Gasteiger partial charge in [-0.15, -0.1) is 0 Å². The van der Waals surface area contributed by atoms with Crippen molar-refractivity contribution in [1.82, 2.24) is 0 Å². The SMILES string of the molecule is CCc1ccccc1NC(=O)/C(C#N)=C/c1ccc(OCc2cccc3ccccc23)c(Br)c1.